The third kappa shape index (κ3) is 2.16. The van der Waals surface area contributed by atoms with Gasteiger partial charge < -0.3 is 0 Å². The Hall–Kier alpha value is -1.18. The van der Waals surface area contributed by atoms with E-state index >= 15 is 0 Å². The van der Waals surface area contributed by atoms with E-state index < -0.39 is 0 Å². The number of nitriles is 1. The molecular weight excluding hydrogens is 170 g/mol. The molecule has 0 bridgehead atoms. The molecule has 0 saturated heterocycles. The van der Waals surface area contributed by atoms with Crippen molar-refractivity contribution in [3.8, 4) is 6.07 Å². The molecular formula is C8H9N3S. The van der Waals surface area contributed by atoms with Crippen LogP contribution in [0.2, 0.25) is 0 Å². The summed E-state index contributed by atoms with van der Waals surface area (Å²) in [7, 11) is 0. The van der Waals surface area contributed by atoms with Crippen molar-refractivity contribution in [2.75, 3.05) is 6.54 Å². The highest BCUT2D eigenvalue weighted by molar-refractivity contribution is 7.09. The molecule has 12 heavy (non-hydrogen) atoms. The van der Waals surface area contributed by atoms with Crippen LogP contribution in [0.1, 0.15) is 11.0 Å². The van der Waals surface area contributed by atoms with Crippen LogP contribution in [0, 0.1) is 11.3 Å². The van der Waals surface area contributed by atoms with Gasteiger partial charge in [-0.1, -0.05) is 6.08 Å². The molecule has 0 spiro atoms. The average Bonchev–Trinajstić information content (AvgIpc) is 2.59. The highest BCUT2D eigenvalue weighted by Gasteiger charge is 2.10. The van der Waals surface area contributed by atoms with Crippen molar-refractivity contribution in [2.24, 2.45) is 0 Å². The first-order valence-corrected chi connectivity index (χ1v) is 4.39. The minimum Gasteiger partial charge on any atom is -0.293 e. The van der Waals surface area contributed by atoms with E-state index in [1.165, 1.54) is 11.3 Å². The Labute approximate surface area is 75.4 Å². The fourth-order valence-corrected chi connectivity index (χ4v) is 1.42. The highest BCUT2D eigenvalue weighted by Crippen LogP contribution is 2.13. The van der Waals surface area contributed by atoms with Crippen molar-refractivity contribution in [3.63, 3.8) is 0 Å². The number of rotatable bonds is 4. The zero-order valence-electron chi connectivity index (χ0n) is 6.53. The molecule has 1 rings (SSSR count). The molecule has 1 aromatic rings. The van der Waals surface area contributed by atoms with E-state index in [-0.39, 0.29) is 6.04 Å². The topological polar surface area (TPSA) is 48.7 Å². The first-order chi connectivity index (χ1) is 5.88. The minimum absolute atomic E-state index is 0.303. The van der Waals surface area contributed by atoms with Gasteiger partial charge in [0.2, 0.25) is 0 Å². The van der Waals surface area contributed by atoms with Crippen LogP contribution in [0.4, 0.5) is 0 Å². The maximum Gasteiger partial charge on any atom is 0.148 e. The summed E-state index contributed by atoms with van der Waals surface area (Å²) < 4.78 is 0. The van der Waals surface area contributed by atoms with Gasteiger partial charge in [0.15, 0.2) is 0 Å². The fraction of sp³-hybridized carbons (Fsp3) is 0.250. The zero-order valence-corrected chi connectivity index (χ0v) is 7.34. The lowest BCUT2D eigenvalue weighted by Gasteiger charge is -2.04. The van der Waals surface area contributed by atoms with Gasteiger partial charge in [0.05, 0.1) is 6.07 Å². The number of thiazole rings is 1. The Morgan fingerprint density at radius 1 is 1.92 bits per heavy atom. The second-order valence-corrected chi connectivity index (χ2v) is 3.06. The SMILES string of the molecule is C=CCNC(C#N)c1nccs1. The van der Waals surface area contributed by atoms with Crippen LogP contribution in [-0.4, -0.2) is 11.5 Å². The van der Waals surface area contributed by atoms with Crippen LogP contribution in [0.25, 0.3) is 0 Å². The van der Waals surface area contributed by atoms with E-state index in [4.69, 9.17) is 5.26 Å². The Balaban J connectivity index is 2.59. The molecule has 0 radical (unpaired) electrons. The van der Waals surface area contributed by atoms with Crippen molar-refractivity contribution in [1.29, 1.82) is 5.26 Å². The molecule has 3 nitrogen and oxygen atoms in total. The van der Waals surface area contributed by atoms with E-state index in [0.717, 1.165) is 5.01 Å². The molecule has 0 aliphatic carbocycles. The third-order valence-corrected chi connectivity index (χ3v) is 2.13. The second kappa shape index (κ2) is 4.65. The zero-order chi connectivity index (χ0) is 8.81. The highest BCUT2D eigenvalue weighted by atomic mass is 32.1. The van der Waals surface area contributed by atoms with Gasteiger partial charge in [0.1, 0.15) is 11.0 Å². The van der Waals surface area contributed by atoms with Gasteiger partial charge in [-0.3, -0.25) is 5.32 Å². The summed E-state index contributed by atoms with van der Waals surface area (Å²) in [6.45, 7) is 4.18. The Morgan fingerprint density at radius 2 is 2.75 bits per heavy atom. The molecule has 0 amide bonds. The lowest BCUT2D eigenvalue weighted by atomic mass is 10.3. The average molecular weight is 179 g/mol. The summed E-state index contributed by atoms with van der Waals surface area (Å²) >= 11 is 1.48. The van der Waals surface area contributed by atoms with E-state index in [2.05, 4.69) is 22.9 Å². The third-order valence-electron chi connectivity index (χ3n) is 1.29. The summed E-state index contributed by atoms with van der Waals surface area (Å²) in [5.41, 5.74) is 0. The van der Waals surface area contributed by atoms with E-state index in [0.29, 0.717) is 6.54 Å². The summed E-state index contributed by atoms with van der Waals surface area (Å²) in [6.07, 6.45) is 3.41. The maximum atomic E-state index is 8.74. The summed E-state index contributed by atoms with van der Waals surface area (Å²) in [5, 5.41) is 14.4. The van der Waals surface area contributed by atoms with Gasteiger partial charge in [-0.2, -0.15) is 5.26 Å². The molecule has 0 aliphatic heterocycles. The Morgan fingerprint density at radius 3 is 3.25 bits per heavy atom. The number of hydrogen-bond donors (Lipinski definition) is 1. The van der Waals surface area contributed by atoms with Crippen molar-refractivity contribution < 1.29 is 0 Å². The van der Waals surface area contributed by atoms with Crippen LogP contribution < -0.4 is 5.32 Å². The van der Waals surface area contributed by atoms with Crippen LogP contribution >= 0.6 is 11.3 Å². The van der Waals surface area contributed by atoms with Crippen molar-refractivity contribution in [3.05, 3.63) is 29.2 Å². The van der Waals surface area contributed by atoms with Gasteiger partial charge in [-0.15, -0.1) is 17.9 Å². The van der Waals surface area contributed by atoms with Gasteiger partial charge in [-0.25, -0.2) is 4.98 Å². The number of hydrogen-bond acceptors (Lipinski definition) is 4. The first-order valence-electron chi connectivity index (χ1n) is 3.51. The smallest absolute Gasteiger partial charge is 0.148 e. The van der Waals surface area contributed by atoms with E-state index in [1.54, 1.807) is 12.3 Å². The van der Waals surface area contributed by atoms with Crippen LogP contribution in [0.3, 0.4) is 0 Å². The van der Waals surface area contributed by atoms with Crippen LogP contribution in [0.5, 0.6) is 0 Å². The second-order valence-electron chi connectivity index (χ2n) is 2.13. The molecule has 1 heterocycles. The van der Waals surface area contributed by atoms with Crippen molar-refractivity contribution in [1.82, 2.24) is 10.3 Å². The lowest BCUT2D eigenvalue weighted by Crippen LogP contribution is -2.19. The molecule has 0 aliphatic rings. The first kappa shape index (κ1) is 8.91. The molecule has 1 atom stereocenters. The minimum atomic E-state index is -0.303. The molecule has 4 heteroatoms. The predicted octanol–water partition coefficient (Wildman–Crippen LogP) is 1.48. The van der Waals surface area contributed by atoms with Crippen molar-refractivity contribution >= 4 is 11.3 Å². The van der Waals surface area contributed by atoms with Gasteiger partial charge in [0, 0.05) is 18.1 Å². The van der Waals surface area contributed by atoms with Crippen LogP contribution in [-0.2, 0) is 0 Å². The van der Waals surface area contributed by atoms with Crippen molar-refractivity contribution in [2.45, 2.75) is 6.04 Å². The van der Waals surface area contributed by atoms with E-state index in [9.17, 15) is 0 Å². The molecule has 1 aromatic heterocycles. The molecule has 62 valence electrons. The number of nitrogens with zero attached hydrogens (tertiary/aromatic N) is 2. The maximum absolute atomic E-state index is 8.74. The van der Waals surface area contributed by atoms with Gasteiger partial charge >= 0.3 is 0 Å². The summed E-state index contributed by atoms with van der Waals surface area (Å²) in [4.78, 5) is 4.04. The monoisotopic (exact) mass is 179 g/mol. The predicted molar refractivity (Wildman–Crippen MR) is 48.7 cm³/mol. The summed E-state index contributed by atoms with van der Waals surface area (Å²) in [6, 6.07) is 1.83. The molecule has 0 saturated carbocycles. The standard InChI is InChI=1S/C8H9N3S/c1-2-3-10-7(6-9)8-11-4-5-12-8/h2,4-5,7,10H,1,3H2. The number of nitrogens with one attached hydrogen (secondary N) is 1. The molecule has 1 N–H and O–H groups in total. The molecule has 1 unspecified atom stereocenters. The largest absolute Gasteiger partial charge is 0.293 e. The lowest BCUT2D eigenvalue weighted by molar-refractivity contribution is 0.679. The number of aromatic nitrogens is 1. The molecule has 0 fully saturated rings. The summed E-state index contributed by atoms with van der Waals surface area (Å²) in [5.74, 6) is 0. The van der Waals surface area contributed by atoms with Crippen LogP contribution in [0.15, 0.2) is 24.2 Å². The van der Waals surface area contributed by atoms with Gasteiger partial charge in [0.25, 0.3) is 0 Å². The molecule has 0 aromatic carbocycles. The Kier molecular flexibility index (Phi) is 3.45. The quantitative estimate of drug-likeness (QED) is 0.712. The van der Waals surface area contributed by atoms with E-state index in [1.807, 2.05) is 5.38 Å². The fourth-order valence-electron chi connectivity index (χ4n) is 0.766. The van der Waals surface area contributed by atoms with Gasteiger partial charge in [-0.05, 0) is 0 Å². The normalized spacial score (nSPS) is 11.9. The Bertz CT molecular complexity index is 273.